The number of ether oxygens (including phenoxy) is 1. The van der Waals surface area contributed by atoms with Gasteiger partial charge in [0.1, 0.15) is 5.82 Å². The predicted molar refractivity (Wildman–Crippen MR) is 90.5 cm³/mol. The Labute approximate surface area is 140 Å². The van der Waals surface area contributed by atoms with Crippen LogP contribution in [0.5, 0.6) is 5.75 Å². The predicted octanol–water partition coefficient (Wildman–Crippen LogP) is 3.93. The number of halogens is 1. The van der Waals surface area contributed by atoms with Gasteiger partial charge in [0.15, 0.2) is 5.75 Å². The molecule has 0 aliphatic carbocycles. The maximum atomic E-state index is 13.3. The Bertz CT molecular complexity index is 690. The number of rotatable bonds is 8. The molecule has 0 unspecified atom stereocenters. The monoisotopic (exact) mass is 332 g/mol. The van der Waals surface area contributed by atoms with Gasteiger partial charge in [-0.3, -0.25) is 10.1 Å². The van der Waals surface area contributed by atoms with Crippen molar-refractivity contribution in [1.82, 2.24) is 5.32 Å². The lowest BCUT2D eigenvalue weighted by Crippen LogP contribution is -2.34. The molecule has 0 saturated heterocycles. The number of hydrogen-bond acceptors (Lipinski definition) is 4. The van der Waals surface area contributed by atoms with Gasteiger partial charge in [-0.15, -0.1) is 0 Å². The smallest absolute Gasteiger partial charge is 0.311 e. The fourth-order valence-electron chi connectivity index (χ4n) is 2.22. The van der Waals surface area contributed by atoms with Gasteiger partial charge in [0.25, 0.3) is 0 Å². The van der Waals surface area contributed by atoms with Crippen LogP contribution in [0.25, 0.3) is 0 Å². The molecule has 2 aromatic carbocycles. The summed E-state index contributed by atoms with van der Waals surface area (Å²) >= 11 is 0. The number of benzene rings is 2. The van der Waals surface area contributed by atoms with Crippen LogP contribution in [0.3, 0.4) is 0 Å². The minimum absolute atomic E-state index is 0.0452. The molecule has 0 aliphatic heterocycles. The quantitative estimate of drug-likeness (QED) is 0.588. The summed E-state index contributed by atoms with van der Waals surface area (Å²) in [5, 5.41) is 14.3. The van der Waals surface area contributed by atoms with E-state index in [1.165, 1.54) is 5.56 Å². The van der Waals surface area contributed by atoms with Gasteiger partial charge in [-0.05, 0) is 11.6 Å². The summed E-state index contributed by atoms with van der Waals surface area (Å²) in [6.07, 6.45) is 0. The van der Waals surface area contributed by atoms with Crippen LogP contribution in [0.4, 0.5) is 10.1 Å². The first-order valence-electron chi connectivity index (χ1n) is 7.69. The number of nitrogens with one attached hydrogen (secondary N) is 1. The Morgan fingerprint density at radius 2 is 1.92 bits per heavy atom. The van der Waals surface area contributed by atoms with Gasteiger partial charge in [0.2, 0.25) is 0 Å². The molecule has 2 rings (SSSR count). The Balaban J connectivity index is 1.90. The fourth-order valence-corrected chi connectivity index (χ4v) is 2.22. The Hall–Kier alpha value is -2.47. The maximum Gasteiger partial charge on any atom is 0.311 e. The van der Waals surface area contributed by atoms with Gasteiger partial charge >= 0.3 is 5.69 Å². The van der Waals surface area contributed by atoms with E-state index in [9.17, 15) is 14.5 Å². The van der Waals surface area contributed by atoms with E-state index in [0.29, 0.717) is 6.54 Å². The van der Waals surface area contributed by atoms with E-state index in [4.69, 9.17) is 4.74 Å². The van der Waals surface area contributed by atoms with Crippen molar-refractivity contribution in [1.29, 1.82) is 0 Å². The number of nitro groups is 1. The zero-order valence-electron chi connectivity index (χ0n) is 13.8. The largest absolute Gasteiger partial charge is 0.486 e. The van der Waals surface area contributed by atoms with E-state index < -0.39 is 10.7 Å². The van der Waals surface area contributed by atoms with Gasteiger partial charge in [0.05, 0.1) is 11.5 Å². The van der Waals surface area contributed by atoms with Gasteiger partial charge in [-0.1, -0.05) is 44.2 Å². The van der Waals surface area contributed by atoms with Gasteiger partial charge in [-0.25, -0.2) is 4.39 Å². The molecule has 0 spiro atoms. The van der Waals surface area contributed by atoms with Gasteiger partial charge < -0.3 is 10.1 Å². The third-order valence-corrected chi connectivity index (χ3v) is 3.51. The molecule has 24 heavy (non-hydrogen) atoms. The van der Waals surface area contributed by atoms with Crippen molar-refractivity contribution in [3.8, 4) is 5.75 Å². The van der Waals surface area contributed by atoms with Crippen LogP contribution >= 0.6 is 0 Å². The highest BCUT2D eigenvalue weighted by atomic mass is 19.1. The van der Waals surface area contributed by atoms with Crippen LogP contribution in [-0.2, 0) is 6.54 Å². The van der Waals surface area contributed by atoms with Crippen molar-refractivity contribution >= 4 is 5.69 Å². The van der Waals surface area contributed by atoms with Crippen LogP contribution in [0.2, 0.25) is 0 Å². The van der Waals surface area contributed by atoms with E-state index in [1.807, 2.05) is 44.2 Å². The number of nitro benzene ring substituents is 1. The SMILES string of the molecule is CC(C)(CNCc1ccccc1)COc1cc(F)ccc1[N+](=O)[O-]. The molecule has 128 valence electrons. The third-order valence-electron chi connectivity index (χ3n) is 3.51. The molecule has 6 heteroatoms. The molecule has 0 fully saturated rings. The normalized spacial score (nSPS) is 11.3. The zero-order valence-corrected chi connectivity index (χ0v) is 13.8. The molecule has 0 aromatic heterocycles. The summed E-state index contributed by atoms with van der Waals surface area (Å²) in [5.41, 5.74) is 0.675. The molecular formula is C18H21FN2O3. The first-order valence-corrected chi connectivity index (χ1v) is 7.69. The van der Waals surface area contributed by atoms with Crippen LogP contribution in [0, 0.1) is 21.3 Å². The summed E-state index contributed by atoms with van der Waals surface area (Å²) in [6, 6.07) is 13.2. The number of hydrogen-bond donors (Lipinski definition) is 1. The maximum absolute atomic E-state index is 13.3. The van der Waals surface area contributed by atoms with Crippen molar-refractivity contribution in [3.63, 3.8) is 0 Å². The molecule has 2 aromatic rings. The summed E-state index contributed by atoms with van der Waals surface area (Å²) in [4.78, 5) is 10.4. The van der Waals surface area contributed by atoms with E-state index in [0.717, 1.165) is 24.7 Å². The second kappa shape index (κ2) is 7.88. The highest BCUT2D eigenvalue weighted by molar-refractivity contribution is 5.46. The molecule has 0 bridgehead atoms. The van der Waals surface area contributed by atoms with E-state index in [1.54, 1.807) is 0 Å². The molecule has 0 heterocycles. The molecule has 1 N–H and O–H groups in total. The molecular weight excluding hydrogens is 311 g/mol. The summed E-state index contributed by atoms with van der Waals surface area (Å²) in [5.74, 6) is -0.605. The molecule has 5 nitrogen and oxygen atoms in total. The lowest BCUT2D eigenvalue weighted by atomic mass is 9.94. The Morgan fingerprint density at radius 3 is 2.58 bits per heavy atom. The molecule has 0 radical (unpaired) electrons. The minimum Gasteiger partial charge on any atom is -0.486 e. The molecule has 0 atom stereocenters. The zero-order chi connectivity index (χ0) is 17.6. The first kappa shape index (κ1) is 17.9. The highest BCUT2D eigenvalue weighted by Gasteiger charge is 2.22. The molecule has 0 saturated carbocycles. The highest BCUT2D eigenvalue weighted by Crippen LogP contribution is 2.29. The van der Waals surface area contributed by atoms with E-state index in [-0.39, 0.29) is 23.5 Å². The van der Waals surface area contributed by atoms with Gasteiger partial charge in [-0.2, -0.15) is 0 Å². The summed E-state index contributed by atoms with van der Waals surface area (Å²) in [7, 11) is 0. The molecule has 0 aliphatic rings. The third kappa shape index (κ3) is 5.31. The van der Waals surface area contributed by atoms with Gasteiger partial charge in [0, 0.05) is 30.6 Å². The fraction of sp³-hybridized carbons (Fsp3) is 0.333. The summed E-state index contributed by atoms with van der Waals surface area (Å²) in [6.45, 7) is 5.58. The van der Waals surface area contributed by atoms with Crippen molar-refractivity contribution in [2.45, 2.75) is 20.4 Å². The Morgan fingerprint density at radius 1 is 1.21 bits per heavy atom. The average molecular weight is 332 g/mol. The van der Waals surface area contributed by atoms with Crippen molar-refractivity contribution in [3.05, 3.63) is 70.0 Å². The second-order valence-electron chi connectivity index (χ2n) is 6.41. The lowest BCUT2D eigenvalue weighted by Gasteiger charge is -2.25. The Kier molecular flexibility index (Phi) is 5.87. The van der Waals surface area contributed by atoms with Crippen molar-refractivity contribution in [2.24, 2.45) is 5.41 Å². The van der Waals surface area contributed by atoms with Crippen LogP contribution < -0.4 is 10.1 Å². The van der Waals surface area contributed by atoms with Crippen LogP contribution in [0.15, 0.2) is 48.5 Å². The van der Waals surface area contributed by atoms with E-state index in [2.05, 4.69) is 5.32 Å². The minimum atomic E-state index is -0.574. The van der Waals surface area contributed by atoms with Crippen molar-refractivity contribution in [2.75, 3.05) is 13.2 Å². The molecule has 0 amide bonds. The van der Waals surface area contributed by atoms with Crippen LogP contribution in [0.1, 0.15) is 19.4 Å². The average Bonchev–Trinajstić information content (AvgIpc) is 2.54. The first-order chi connectivity index (χ1) is 11.4. The topological polar surface area (TPSA) is 64.4 Å². The number of nitrogens with zero attached hydrogens (tertiary/aromatic N) is 1. The van der Waals surface area contributed by atoms with E-state index >= 15 is 0 Å². The standard InChI is InChI=1S/C18H21FN2O3/c1-18(2,12-20-11-14-6-4-3-5-7-14)13-24-17-10-15(19)8-9-16(17)21(22)23/h3-10,20H,11-13H2,1-2H3. The van der Waals surface area contributed by atoms with Crippen molar-refractivity contribution < 1.29 is 14.1 Å². The second-order valence-corrected chi connectivity index (χ2v) is 6.41. The summed E-state index contributed by atoms with van der Waals surface area (Å²) < 4.78 is 18.8. The van der Waals surface area contributed by atoms with Crippen LogP contribution in [-0.4, -0.2) is 18.1 Å². The lowest BCUT2D eigenvalue weighted by molar-refractivity contribution is -0.386.